The molecule has 0 aliphatic heterocycles. The number of hydrogen-bond acceptors (Lipinski definition) is 4. The number of aromatic nitrogens is 1. The van der Waals surface area contributed by atoms with Crippen molar-refractivity contribution in [3.63, 3.8) is 0 Å². The monoisotopic (exact) mass is 530 g/mol. The van der Waals surface area contributed by atoms with E-state index < -0.39 is 5.97 Å². The summed E-state index contributed by atoms with van der Waals surface area (Å²) in [5.41, 5.74) is 4.80. The maximum absolute atomic E-state index is 11.2. The van der Waals surface area contributed by atoms with Crippen LogP contribution in [0.5, 0.6) is 5.75 Å². The van der Waals surface area contributed by atoms with Gasteiger partial charge >= 0.3 is 5.97 Å². The minimum absolute atomic E-state index is 0. The van der Waals surface area contributed by atoms with Gasteiger partial charge in [-0.2, -0.15) is 0 Å². The predicted octanol–water partition coefficient (Wildman–Crippen LogP) is 6.62. The summed E-state index contributed by atoms with van der Waals surface area (Å²) in [4.78, 5) is 15.6. The molecular weight excluding hydrogens is 495 g/mol. The third kappa shape index (κ3) is 8.51. The number of aryl methyl sites for hydroxylation is 2. The molecule has 1 aromatic heterocycles. The predicted molar refractivity (Wildman–Crippen MR) is 149 cm³/mol. The van der Waals surface area contributed by atoms with Crippen molar-refractivity contribution >= 4 is 30.8 Å². The van der Waals surface area contributed by atoms with Crippen molar-refractivity contribution in [2.75, 3.05) is 13.2 Å². The third-order valence-electron chi connectivity index (χ3n) is 6.48. The number of unbranched alkanes of at least 4 members (excludes halogenated alkanes) is 2. The summed E-state index contributed by atoms with van der Waals surface area (Å²) < 4.78 is 6.13. The zero-order chi connectivity index (χ0) is 23.6. The highest BCUT2D eigenvalue weighted by atomic mass is 35.5. The molecule has 1 aliphatic rings. The number of nitrogens with zero attached hydrogens (tertiary/aromatic N) is 1. The first-order chi connectivity index (χ1) is 16.7. The summed E-state index contributed by atoms with van der Waals surface area (Å²) in [7, 11) is 0. The van der Waals surface area contributed by atoms with E-state index in [-0.39, 0.29) is 36.5 Å². The van der Waals surface area contributed by atoms with E-state index in [0.29, 0.717) is 0 Å². The van der Waals surface area contributed by atoms with E-state index in [2.05, 4.69) is 58.8 Å². The molecule has 0 radical (unpaired) electrons. The molecule has 1 heterocycles. The maximum atomic E-state index is 11.2. The molecule has 36 heavy (non-hydrogen) atoms. The Kier molecular flexibility index (Phi) is 12.8. The Hall–Kier alpha value is -2.60. The van der Waals surface area contributed by atoms with Gasteiger partial charge in [-0.15, -0.1) is 24.8 Å². The molecule has 1 atom stereocenters. The quantitative estimate of drug-likeness (QED) is 0.257. The normalized spacial score (nSPS) is 14.2. The summed E-state index contributed by atoms with van der Waals surface area (Å²) >= 11 is 0. The molecule has 0 amide bonds. The van der Waals surface area contributed by atoms with E-state index in [1.165, 1.54) is 17.5 Å². The standard InChI is InChI=1S/C29H34N2O3.2ClH/c32-29(33)27-18-17-24-25(14-9-15-26(24)31-27)30-20-19-23-13-6-7-16-28(23)34-21-8-2-5-12-22-10-3-1-4-11-22;;/h1,3-4,6-7,10-11,13,16-18,25,30H,2,5,8-9,12,14-15,19-21H2,(H,32,33);2*1H. The SMILES string of the molecule is Cl.Cl.O=C(O)c1ccc2c(n1)CCCC2NCCc1ccccc1OCCCCCc1ccccc1. The summed E-state index contributed by atoms with van der Waals surface area (Å²) in [6.07, 6.45) is 8.33. The number of halogens is 2. The molecule has 1 aliphatic carbocycles. The van der Waals surface area contributed by atoms with Crippen molar-refractivity contribution in [1.29, 1.82) is 0 Å². The Morgan fingerprint density at radius 3 is 2.53 bits per heavy atom. The largest absolute Gasteiger partial charge is 0.493 e. The number of benzene rings is 2. The number of nitrogens with one attached hydrogen (secondary N) is 1. The maximum Gasteiger partial charge on any atom is 0.354 e. The van der Waals surface area contributed by atoms with Gasteiger partial charge in [0.25, 0.3) is 0 Å². The molecule has 2 N–H and O–H groups in total. The number of carboxylic acids is 1. The number of carbonyl (C=O) groups is 1. The van der Waals surface area contributed by atoms with Crippen LogP contribution in [0.1, 0.15) is 71.0 Å². The smallest absolute Gasteiger partial charge is 0.354 e. The lowest BCUT2D eigenvalue weighted by Gasteiger charge is -2.26. The van der Waals surface area contributed by atoms with Crippen LogP contribution in [0, 0.1) is 0 Å². The number of hydrogen-bond donors (Lipinski definition) is 2. The molecule has 0 fully saturated rings. The molecule has 0 saturated carbocycles. The van der Waals surface area contributed by atoms with E-state index in [9.17, 15) is 9.90 Å². The average molecular weight is 532 g/mol. The zero-order valence-electron chi connectivity index (χ0n) is 20.5. The summed E-state index contributed by atoms with van der Waals surface area (Å²) in [5.74, 6) is 0.00912. The van der Waals surface area contributed by atoms with Gasteiger partial charge in [0.1, 0.15) is 11.4 Å². The van der Waals surface area contributed by atoms with Gasteiger partial charge in [-0.3, -0.25) is 0 Å². The van der Waals surface area contributed by atoms with Crippen LogP contribution in [0.15, 0.2) is 66.7 Å². The van der Waals surface area contributed by atoms with Gasteiger partial charge in [-0.25, -0.2) is 9.78 Å². The topological polar surface area (TPSA) is 71.5 Å². The Morgan fingerprint density at radius 1 is 0.944 bits per heavy atom. The lowest BCUT2D eigenvalue weighted by molar-refractivity contribution is 0.0690. The van der Waals surface area contributed by atoms with Crippen LogP contribution in [0.3, 0.4) is 0 Å². The Balaban J connectivity index is 0.00000228. The summed E-state index contributed by atoms with van der Waals surface area (Å²) in [6, 6.07) is 22.7. The van der Waals surface area contributed by atoms with Crippen molar-refractivity contribution in [3.05, 3.63) is 94.8 Å². The van der Waals surface area contributed by atoms with Gasteiger partial charge in [-0.05, 0) is 86.7 Å². The van der Waals surface area contributed by atoms with Crippen molar-refractivity contribution in [2.24, 2.45) is 0 Å². The molecule has 0 saturated heterocycles. The lowest BCUT2D eigenvalue weighted by Crippen LogP contribution is -2.28. The summed E-state index contributed by atoms with van der Waals surface area (Å²) in [6.45, 7) is 1.58. The second-order valence-corrected chi connectivity index (χ2v) is 8.94. The van der Waals surface area contributed by atoms with Crippen molar-refractivity contribution in [2.45, 2.75) is 57.4 Å². The fourth-order valence-corrected chi connectivity index (χ4v) is 4.66. The van der Waals surface area contributed by atoms with Gasteiger partial charge in [-0.1, -0.05) is 54.6 Å². The highest BCUT2D eigenvalue weighted by Crippen LogP contribution is 2.29. The van der Waals surface area contributed by atoms with E-state index in [0.717, 1.165) is 75.1 Å². The highest BCUT2D eigenvalue weighted by molar-refractivity contribution is 5.86. The number of ether oxygens (including phenoxy) is 1. The molecule has 2 aromatic carbocycles. The molecule has 1 unspecified atom stereocenters. The van der Waals surface area contributed by atoms with Gasteiger partial charge in [0.15, 0.2) is 0 Å². The minimum Gasteiger partial charge on any atom is -0.493 e. The number of fused-ring (bicyclic) bond motifs is 1. The van der Waals surface area contributed by atoms with Gasteiger partial charge in [0, 0.05) is 11.7 Å². The average Bonchev–Trinajstić information content (AvgIpc) is 2.87. The third-order valence-corrected chi connectivity index (χ3v) is 6.48. The number of para-hydroxylation sites is 1. The Bertz CT molecular complexity index is 1080. The van der Waals surface area contributed by atoms with E-state index in [1.54, 1.807) is 6.07 Å². The van der Waals surface area contributed by atoms with Crippen molar-refractivity contribution in [3.8, 4) is 5.75 Å². The fourth-order valence-electron chi connectivity index (χ4n) is 4.66. The molecule has 194 valence electrons. The van der Waals surface area contributed by atoms with Gasteiger partial charge < -0.3 is 15.2 Å². The molecular formula is C29H36Cl2N2O3. The van der Waals surface area contributed by atoms with Crippen LogP contribution in [0.25, 0.3) is 0 Å². The fraction of sp³-hybridized carbons (Fsp3) is 0.379. The lowest BCUT2D eigenvalue weighted by atomic mass is 9.91. The van der Waals surface area contributed by atoms with Crippen LogP contribution in [-0.2, 0) is 19.3 Å². The van der Waals surface area contributed by atoms with Crippen molar-refractivity contribution < 1.29 is 14.6 Å². The first kappa shape index (κ1) is 29.6. The molecule has 4 rings (SSSR count). The zero-order valence-corrected chi connectivity index (χ0v) is 22.2. The van der Waals surface area contributed by atoms with Gasteiger partial charge in [0.2, 0.25) is 0 Å². The van der Waals surface area contributed by atoms with Crippen LogP contribution >= 0.6 is 24.8 Å². The molecule has 0 spiro atoms. The van der Waals surface area contributed by atoms with Crippen LogP contribution in [0.2, 0.25) is 0 Å². The highest BCUT2D eigenvalue weighted by Gasteiger charge is 2.22. The van der Waals surface area contributed by atoms with Crippen LogP contribution in [-0.4, -0.2) is 29.2 Å². The Morgan fingerprint density at radius 2 is 1.72 bits per heavy atom. The number of carboxylic acid groups (broad SMARTS) is 1. The number of pyridine rings is 1. The van der Waals surface area contributed by atoms with E-state index in [1.807, 2.05) is 12.1 Å². The molecule has 5 nitrogen and oxygen atoms in total. The second kappa shape index (κ2) is 15.5. The molecule has 3 aromatic rings. The second-order valence-electron chi connectivity index (χ2n) is 8.94. The Labute approximate surface area is 226 Å². The summed E-state index contributed by atoms with van der Waals surface area (Å²) in [5, 5.41) is 12.9. The number of rotatable bonds is 12. The molecule has 7 heteroatoms. The van der Waals surface area contributed by atoms with Gasteiger partial charge in [0.05, 0.1) is 6.61 Å². The first-order valence-electron chi connectivity index (χ1n) is 12.4. The first-order valence-corrected chi connectivity index (χ1v) is 12.4. The van der Waals surface area contributed by atoms with Crippen LogP contribution in [0.4, 0.5) is 0 Å². The van der Waals surface area contributed by atoms with Crippen LogP contribution < -0.4 is 10.1 Å². The van der Waals surface area contributed by atoms with Crippen molar-refractivity contribution in [1.82, 2.24) is 10.3 Å². The van der Waals surface area contributed by atoms with E-state index in [4.69, 9.17) is 4.74 Å². The minimum atomic E-state index is -0.967. The number of aromatic carboxylic acids is 1. The molecule has 0 bridgehead atoms. The van der Waals surface area contributed by atoms with E-state index >= 15 is 0 Å².